The number of ether oxygens (including phenoxy) is 2. The Kier molecular flexibility index (Phi) is 26.3. The molecule has 4 saturated carbocycles. The van der Waals surface area contributed by atoms with Crippen molar-refractivity contribution < 1.29 is 43.0 Å². The van der Waals surface area contributed by atoms with Gasteiger partial charge in [0, 0.05) is 37.0 Å². The molecule has 3 aromatic carbocycles. The Morgan fingerprint density at radius 3 is 1.21 bits per heavy atom. The summed E-state index contributed by atoms with van der Waals surface area (Å²) in [7, 11) is 0. The minimum Gasteiger partial charge on any atom is -0.459 e. The van der Waals surface area contributed by atoms with E-state index in [1.165, 1.54) is 0 Å². The normalized spacial score (nSPS) is 23.4. The van der Waals surface area contributed by atoms with Crippen LogP contribution in [0.2, 0.25) is 0 Å². The van der Waals surface area contributed by atoms with Gasteiger partial charge >= 0.3 is 12.1 Å². The number of alkyl halides is 6. The number of carbonyl (C=O) groups excluding carboxylic acids is 7. The van der Waals surface area contributed by atoms with E-state index >= 15 is 0 Å². The van der Waals surface area contributed by atoms with Crippen LogP contribution in [0.1, 0.15) is 115 Å². The molecule has 0 bridgehead atoms. The molecule has 10 atom stereocenters. The molecule has 15 nitrogen and oxygen atoms in total. The number of carbonyl (C=O) groups is 7. The summed E-state index contributed by atoms with van der Waals surface area (Å²) in [4.78, 5) is 96.3. The van der Waals surface area contributed by atoms with Crippen molar-refractivity contribution in [2.75, 3.05) is 0 Å². The first-order valence-electron chi connectivity index (χ1n) is 26.3. The Hall–Kier alpha value is -4.51. The fourth-order valence-electron chi connectivity index (χ4n) is 10.6. The highest BCUT2D eigenvalue weighted by atomic mass is 35.6. The van der Waals surface area contributed by atoms with Crippen LogP contribution < -0.4 is 31.9 Å². The molecule has 4 aliphatic rings. The van der Waals surface area contributed by atoms with E-state index in [1.807, 2.05) is 91.0 Å². The molecule has 0 aromatic heterocycles. The maximum Gasteiger partial charge on any atom is 0.407 e. The number of esters is 1. The standard InChI is InChI=1S/C54H70N6O9.2CHCl3/c1-54(2,3)69-53(67)60-44-30-16-26-40(44)48(62)56-41-27-13-23-37(41)49(63)58-45(31-34-17-7-4-8-18-34)51(65)57-43-29-15-25-39(43)47(61)55-42-28-14-24-38(42)50(64)59-46(32-35-19-9-5-10-20-35)52(66)68-33-36-21-11-6-12-22-36;2*2-1(3)4/h4-12,17-22,37-46H,13-16,23-33H2,1-3H3,(H,55,61)(H,56,62)(H,57,65)(H,58,63)(H,59,64)(H,60,67);2*1H/t37-,38-,39-,40-,41-,42-,43-,44-,45-,46-;;/m0../s1. The van der Waals surface area contributed by atoms with Crippen LogP contribution >= 0.6 is 69.6 Å². The summed E-state index contributed by atoms with van der Waals surface area (Å²) in [6, 6.07) is 24.5. The van der Waals surface area contributed by atoms with E-state index in [4.69, 9.17) is 79.1 Å². The molecular weight excluding hydrogens is 1110 g/mol. The molecular formula is C56H72Cl6N6O9. The van der Waals surface area contributed by atoms with Gasteiger partial charge in [-0.2, -0.15) is 0 Å². The Morgan fingerprint density at radius 2 is 0.805 bits per heavy atom. The van der Waals surface area contributed by atoms with Crippen molar-refractivity contribution in [1.82, 2.24) is 31.9 Å². The summed E-state index contributed by atoms with van der Waals surface area (Å²) in [5.74, 6) is -4.19. The largest absolute Gasteiger partial charge is 0.459 e. The van der Waals surface area contributed by atoms with Gasteiger partial charge in [0.1, 0.15) is 24.3 Å². The van der Waals surface area contributed by atoms with E-state index in [2.05, 4.69) is 31.9 Å². The summed E-state index contributed by atoms with van der Waals surface area (Å²) >= 11 is 28.8. The number of halogens is 6. The third-order valence-electron chi connectivity index (χ3n) is 14.1. The quantitative estimate of drug-likeness (QED) is 0.0528. The van der Waals surface area contributed by atoms with Crippen molar-refractivity contribution in [2.45, 2.75) is 168 Å². The molecule has 21 heteroatoms. The SMILES string of the molecule is CC(C)(C)OC(=O)N[C@H]1CCC[C@@H]1C(=O)N[C@H]1CCC[C@@H]1C(=O)N[C@@H](Cc1ccccc1)C(=O)N[C@H]1CCC[C@@H]1C(=O)N[C@H]1CCC[C@@H]1C(=O)N[C@@H](Cc1ccccc1)C(=O)OCc1ccccc1.ClC(Cl)Cl.ClC(Cl)Cl. The monoisotopic (exact) mass is 1180 g/mol. The van der Waals surface area contributed by atoms with Crippen LogP contribution in [0.5, 0.6) is 0 Å². The molecule has 6 amide bonds. The maximum absolute atomic E-state index is 14.3. The number of hydrogen-bond acceptors (Lipinski definition) is 9. The first kappa shape index (κ1) is 63.3. The zero-order valence-electron chi connectivity index (χ0n) is 43.6. The Morgan fingerprint density at radius 1 is 0.468 bits per heavy atom. The van der Waals surface area contributed by atoms with Gasteiger partial charge in [-0.05, 0) is 88.8 Å². The predicted octanol–water partition coefficient (Wildman–Crippen LogP) is 9.71. The summed E-state index contributed by atoms with van der Waals surface area (Å²) in [6.45, 7) is 5.42. The number of rotatable bonds is 18. The summed E-state index contributed by atoms with van der Waals surface area (Å²) in [5, 5.41) is 18.3. The second-order valence-electron chi connectivity index (χ2n) is 20.8. The highest BCUT2D eigenvalue weighted by molar-refractivity contribution is 6.63. The van der Waals surface area contributed by atoms with Gasteiger partial charge in [-0.3, -0.25) is 24.0 Å². The Bertz CT molecular complexity index is 2360. The molecule has 0 unspecified atom stereocenters. The lowest BCUT2D eigenvalue weighted by Gasteiger charge is -2.29. The molecule has 422 valence electrons. The first-order valence-corrected chi connectivity index (χ1v) is 28.9. The van der Waals surface area contributed by atoms with E-state index in [0.717, 1.165) is 29.5 Å². The number of alkyl carbamates (subject to hydrolysis) is 1. The van der Waals surface area contributed by atoms with Gasteiger partial charge in [0.05, 0.1) is 23.7 Å². The van der Waals surface area contributed by atoms with Crippen LogP contribution in [0.25, 0.3) is 0 Å². The van der Waals surface area contributed by atoms with Crippen LogP contribution in [-0.4, -0.2) is 92.0 Å². The summed E-state index contributed by atoms with van der Waals surface area (Å²) in [6.07, 6.45) is 7.46. The second-order valence-corrected chi connectivity index (χ2v) is 24.8. The van der Waals surface area contributed by atoms with Crippen molar-refractivity contribution >= 4 is 111 Å². The highest BCUT2D eigenvalue weighted by Crippen LogP contribution is 2.32. The van der Waals surface area contributed by atoms with Crippen LogP contribution in [0.15, 0.2) is 91.0 Å². The van der Waals surface area contributed by atoms with E-state index in [0.29, 0.717) is 64.2 Å². The molecule has 0 spiro atoms. The van der Waals surface area contributed by atoms with Gasteiger partial charge in [0.15, 0.2) is 8.59 Å². The Labute approximate surface area is 482 Å². The van der Waals surface area contributed by atoms with Gasteiger partial charge in [0.25, 0.3) is 0 Å². The van der Waals surface area contributed by atoms with Crippen molar-refractivity contribution in [2.24, 2.45) is 23.7 Å². The minimum absolute atomic E-state index is 0.0713. The number of amides is 6. The van der Waals surface area contributed by atoms with Crippen molar-refractivity contribution in [3.63, 3.8) is 0 Å². The molecule has 0 aliphatic heterocycles. The van der Waals surface area contributed by atoms with E-state index in [9.17, 15) is 33.6 Å². The Balaban J connectivity index is 0.00000128. The van der Waals surface area contributed by atoms with E-state index in [1.54, 1.807) is 20.8 Å². The van der Waals surface area contributed by atoms with Crippen LogP contribution in [0.4, 0.5) is 4.79 Å². The van der Waals surface area contributed by atoms with Gasteiger partial charge in [-0.15, -0.1) is 0 Å². The van der Waals surface area contributed by atoms with E-state index in [-0.39, 0.29) is 49.1 Å². The minimum atomic E-state index is -0.954. The van der Waals surface area contributed by atoms with Gasteiger partial charge in [-0.1, -0.05) is 186 Å². The predicted molar refractivity (Wildman–Crippen MR) is 301 cm³/mol. The van der Waals surface area contributed by atoms with Gasteiger partial charge in [0.2, 0.25) is 29.5 Å². The van der Waals surface area contributed by atoms with Gasteiger partial charge in [-0.25, -0.2) is 9.59 Å². The lowest BCUT2D eigenvalue weighted by atomic mass is 9.96. The lowest BCUT2D eigenvalue weighted by molar-refractivity contribution is -0.149. The fourth-order valence-corrected chi connectivity index (χ4v) is 10.6. The summed E-state index contributed by atoms with van der Waals surface area (Å²) < 4.78 is 9.61. The van der Waals surface area contributed by atoms with Crippen LogP contribution in [0, 0.1) is 23.7 Å². The molecule has 3 aromatic rings. The van der Waals surface area contributed by atoms with Crippen molar-refractivity contribution in [1.29, 1.82) is 0 Å². The third kappa shape index (κ3) is 21.9. The number of nitrogens with one attached hydrogen (secondary N) is 6. The van der Waals surface area contributed by atoms with Crippen molar-refractivity contribution in [3.05, 3.63) is 108 Å². The fraction of sp³-hybridized carbons (Fsp3) is 0.554. The molecule has 4 fully saturated rings. The topological polar surface area (TPSA) is 210 Å². The molecule has 4 aliphatic carbocycles. The average molecular weight is 1190 g/mol. The van der Waals surface area contributed by atoms with Crippen LogP contribution in [0.3, 0.4) is 0 Å². The van der Waals surface area contributed by atoms with Crippen LogP contribution in [-0.2, 0) is 57.7 Å². The molecule has 77 heavy (non-hydrogen) atoms. The van der Waals surface area contributed by atoms with Crippen molar-refractivity contribution in [3.8, 4) is 0 Å². The third-order valence-corrected chi connectivity index (χ3v) is 14.1. The number of benzene rings is 3. The average Bonchev–Trinajstić information content (AvgIpc) is 4.22. The molecule has 0 radical (unpaired) electrons. The molecule has 0 saturated heterocycles. The zero-order valence-corrected chi connectivity index (χ0v) is 48.2. The maximum atomic E-state index is 14.3. The highest BCUT2D eigenvalue weighted by Gasteiger charge is 2.43. The lowest BCUT2D eigenvalue weighted by Crippen LogP contribution is -2.56. The molecule has 7 rings (SSSR count). The van der Waals surface area contributed by atoms with E-state index < -0.39 is 86.0 Å². The molecule has 0 heterocycles. The smallest absolute Gasteiger partial charge is 0.407 e. The molecule has 6 N–H and O–H groups in total. The number of hydrogen-bond donors (Lipinski definition) is 6. The second kappa shape index (κ2) is 31.9. The zero-order chi connectivity index (χ0) is 56.1. The summed E-state index contributed by atoms with van der Waals surface area (Å²) in [5.41, 5.74) is 1.87. The van der Waals surface area contributed by atoms with Gasteiger partial charge < -0.3 is 41.4 Å². The first-order chi connectivity index (χ1) is 36.7.